The standard InChI is InChI=1S/C17H22N2OS/c1-16(2)10-21(20)11-17(3,4)14-13(16)18-15(19-14)12-8-6-5-7-9-12/h5-9H,10-11H2,1-4H3,(H,18,19). The first kappa shape index (κ1) is 14.5. The first-order chi connectivity index (χ1) is 9.79. The summed E-state index contributed by atoms with van der Waals surface area (Å²) >= 11 is 0. The Hall–Kier alpha value is -1.42. The van der Waals surface area contributed by atoms with E-state index in [-0.39, 0.29) is 10.8 Å². The Morgan fingerprint density at radius 1 is 1.05 bits per heavy atom. The second-order valence-corrected chi connectivity index (χ2v) is 8.63. The molecule has 112 valence electrons. The topological polar surface area (TPSA) is 45.8 Å². The highest BCUT2D eigenvalue weighted by molar-refractivity contribution is 7.85. The minimum absolute atomic E-state index is 0.145. The lowest BCUT2D eigenvalue weighted by atomic mass is 9.82. The Morgan fingerprint density at radius 2 is 1.67 bits per heavy atom. The molecule has 3 nitrogen and oxygen atoms in total. The number of imidazole rings is 1. The van der Waals surface area contributed by atoms with Crippen molar-refractivity contribution in [3.8, 4) is 11.4 Å². The number of H-pyrrole nitrogens is 1. The molecule has 0 saturated carbocycles. The number of benzene rings is 1. The van der Waals surface area contributed by atoms with Crippen LogP contribution >= 0.6 is 0 Å². The Bertz CT molecular complexity index is 649. The summed E-state index contributed by atoms with van der Waals surface area (Å²) in [4.78, 5) is 8.38. The molecular weight excluding hydrogens is 280 g/mol. The highest BCUT2D eigenvalue weighted by Gasteiger charge is 2.40. The van der Waals surface area contributed by atoms with Crippen molar-refractivity contribution in [1.29, 1.82) is 0 Å². The van der Waals surface area contributed by atoms with Gasteiger partial charge in [-0.3, -0.25) is 4.21 Å². The lowest BCUT2D eigenvalue weighted by Gasteiger charge is -2.23. The number of aromatic amines is 1. The van der Waals surface area contributed by atoms with Gasteiger partial charge in [0.1, 0.15) is 5.82 Å². The Morgan fingerprint density at radius 3 is 2.33 bits per heavy atom. The van der Waals surface area contributed by atoms with Crippen LogP contribution in [0.15, 0.2) is 30.3 Å². The Labute approximate surface area is 128 Å². The van der Waals surface area contributed by atoms with Gasteiger partial charge in [-0.15, -0.1) is 0 Å². The zero-order valence-corrected chi connectivity index (χ0v) is 13.9. The summed E-state index contributed by atoms with van der Waals surface area (Å²) in [7, 11) is -0.812. The van der Waals surface area contributed by atoms with Gasteiger partial charge in [-0.1, -0.05) is 58.0 Å². The van der Waals surface area contributed by atoms with Crippen molar-refractivity contribution in [2.45, 2.75) is 38.5 Å². The molecule has 2 heterocycles. The van der Waals surface area contributed by atoms with Gasteiger partial charge >= 0.3 is 0 Å². The molecule has 21 heavy (non-hydrogen) atoms. The molecule has 1 atom stereocenters. The van der Waals surface area contributed by atoms with E-state index in [2.05, 4.69) is 44.8 Å². The summed E-state index contributed by atoms with van der Waals surface area (Å²) in [6, 6.07) is 10.2. The molecule has 0 bridgehead atoms. The van der Waals surface area contributed by atoms with Gasteiger partial charge in [0, 0.05) is 44.4 Å². The Kier molecular flexibility index (Phi) is 3.32. The summed E-state index contributed by atoms with van der Waals surface area (Å²) in [5, 5.41) is 0. The van der Waals surface area contributed by atoms with E-state index >= 15 is 0 Å². The van der Waals surface area contributed by atoms with Crippen LogP contribution in [-0.4, -0.2) is 25.7 Å². The van der Waals surface area contributed by atoms with Crippen molar-refractivity contribution < 1.29 is 4.21 Å². The fourth-order valence-electron chi connectivity index (χ4n) is 3.08. The van der Waals surface area contributed by atoms with E-state index in [1.165, 1.54) is 0 Å². The largest absolute Gasteiger partial charge is 0.341 e. The molecule has 0 amide bonds. The number of hydrogen-bond donors (Lipinski definition) is 1. The molecule has 3 rings (SSSR count). The molecule has 1 aliphatic heterocycles. The molecule has 0 aliphatic carbocycles. The SMILES string of the molecule is CC1(C)CS(=O)CC(C)(C)c2[nH]c(-c3ccccc3)nc21. The fourth-order valence-corrected chi connectivity index (χ4v) is 5.07. The lowest BCUT2D eigenvalue weighted by Crippen LogP contribution is -2.25. The molecule has 1 aromatic carbocycles. The molecule has 2 aromatic rings. The number of fused-ring (bicyclic) bond motifs is 1. The van der Waals surface area contributed by atoms with Gasteiger partial charge in [0.05, 0.1) is 5.69 Å². The van der Waals surface area contributed by atoms with Crippen molar-refractivity contribution in [2.24, 2.45) is 0 Å². The highest BCUT2D eigenvalue weighted by atomic mass is 32.2. The van der Waals surface area contributed by atoms with Crippen LogP contribution < -0.4 is 0 Å². The van der Waals surface area contributed by atoms with Crippen molar-refractivity contribution in [2.75, 3.05) is 11.5 Å². The van der Waals surface area contributed by atoms with Gasteiger partial charge in [0.25, 0.3) is 0 Å². The van der Waals surface area contributed by atoms with E-state index in [4.69, 9.17) is 4.98 Å². The minimum atomic E-state index is -0.812. The van der Waals surface area contributed by atoms with E-state index in [0.717, 1.165) is 22.8 Å². The minimum Gasteiger partial charge on any atom is -0.341 e. The Balaban J connectivity index is 2.18. The fraction of sp³-hybridized carbons (Fsp3) is 0.471. The van der Waals surface area contributed by atoms with Crippen LogP contribution in [-0.2, 0) is 21.6 Å². The summed E-state index contributed by atoms with van der Waals surface area (Å²) in [5.41, 5.74) is 2.98. The summed E-state index contributed by atoms with van der Waals surface area (Å²) < 4.78 is 12.3. The normalized spacial score (nSPS) is 20.8. The molecule has 0 saturated heterocycles. The first-order valence-corrected chi connectivity index (χ1v) is 8.80. The van der Waals surface area contributed by atoms with Crippen LogP contribution in [0.3, 0.4) is 0 Å². The monoisotopic (exact) mass is 302 g/mol. The average molecular weight is 302 g/mol. The summed E-state index contributed by atoms with van der Waals surface area (Å²) in [5.74, 6) is 2.26. The highest BCUT2D eigenvalue weighted by Crippen LogP contribution is 2.38. The molecular formula is C17H22N2OS. The number of nitrogens with zero attached hydrogens (tertiary/aromatic N) is 1. The predicted molar refractivity (Wildman–Crippen MR) is 88.0 cm³/mol. The van der Waals surface area contributed by atoms with Crippen LogP contribution in [0, 0.1) is 0 Å². The molecule has 0 radical (unpaired) electrons. The second-order valence-electron chi connectivity index (χ2n) is 7.17. The third kappa shape index (κ3) is 2.57. The average Bonchev–Trinajstić information content (AvgIpc) is 2.82. The van der Waals surface area contributed by atoms with Gasteiger partial charge in [-0.2, -0.15) is 0 Å². The van der Waals surface area contributed by atoms with Gasteiger partial charge in [0.15, 0.2) is 0 Å². The van der Waals surface area contributed by atoms with Crippen molar-refractivity contribution in [3.05, 3.63) is 41.7 Å². The maximum atomic E-state index is 12.3. The van der Waals surface area contributed by atoms with E-state index < -0.39 is 10.8 Å². The number of rotatable bonds is 1. The summed E-state index contributed by atoms with van der Waals surface area (Å²) in [6.07, 6.45) is 0. The van der Waals surface area contributed by atoms with Gasteiger partial charge in [-0.05, 0) is 0 Å². The zero-order chi connectivity index (χ0) is 15.3. The van der Waals surface area contributed by atoms with Crippen molar-refractivity contribution >= 4 is 10.8 Å². The maximum absolute atomic E-state index is 12.3. The van der Waals surface area contributed by atoms with Gasteiger partial charge in [-0.25, -0.2) is 4.98 Å². The molecule has 1 unspecified atom stereocenters. The van der Waals surface area contributed by atoms with Crippen molar-refractivity contribution in [1.82, 2.24) is 9.97 Å². The lowest BCUT2D eigenvalue weighted by molar-refractivity contribution is 0.539. The third-order valence-corrected chi connectivity index (χ3v) is 6.20. The third-order valence-electron chi connectivity index (χ3n) is 4.11. The predicted octanol–water partition coefficient (Wildman–Crippen LogP) is 3.39. The van der Waals surface area contributed by atoms with Crippen LogP contribution in [0.25, 0.3) is 11.4 Å². The smallest absolute Gasteiger partial charge is 0.137 e. The molecule has 0 spiro atoms. The zero-order valence-electron chi connectivity index (χ0n) is 13.1. The number of hydrogen-bond acceptors (Lipinski definition) is 2. The maximum Gasteiger partial charge on any atom is 0.137 e. The molecule has 1 aromatic heterocycles. The molecule has 1 N–H and O–H groups in total. The van der Waals surface area contributed by atoms with Crippen LogP contribution in [0.1, 0.15) is 39.1 Å². The number of aromatic nitrogens is 2. The van der Waals surface area contributed by atoms with Gasteiger partial charge < -0.3 is 4.98 Å². The van der Waals surface area contributed by atoms with Crippen LogP contribution in [0.4, 0.5) is 0 Å². The van der Waals surface area contributed by atoms with Crippen LogP contribution in [0.2, 0.25) is 0 Å². The molecule has 4 heteroatoms. The van der Waals surface area contributed by atoms with E-state index in [9.17, 15) is 4.21 Å². The van der Waals surface area contributed by atoms with Gasteiger partial charge in [0.2, 0.25) is 0 Å². The quantitative estimate of drug-likeness (QED) is 0.877. The van der Waals surface area contributed by atoms with E-state index in [0.29, 0.717) is 11.5 Å². The number of nitrogens with one attached hydrogen (secondary N) is 1. The van der Waals surface area contributed by atoms with Crippen LogP contribution in [0.5, 0.6) is 0 Å². The summed E-state index contributed by atoms with van der Waals surface area (Å²) in [6.45, 7) is 8.58. The molecule has 0 fully saturated rings. The molecule has 1 aliphatic rings. The van der Waals surface area contributed by atoms with E-state index in [1.807, 2.05) is 18.2 Å². The first-order valence-electron chi connectivity index (χ1n) is 7.31. The van der Waals surface area contributed by atoms with Crippen molar-refractivity contribution in [3.63, 3.8) is 0 Å². The second kappa shape index (κ2) is 4.80. The van der Waals surface area contributed by atoms with E-state index in [1.54, 1.807) is 0 Å².